The SMILES string of the molecule is CNC1CCCC2(C1)C(=O)CC1(CCC(O)C1)C1(C)C2CCC2(C)C1C(O)C1Cn3cc(C(C=O)c4cc5c(c(C6(O)CCOCC6)c4)CCC4CCCCC54)c4[nH]cc(c43)CCC(C)(CC(O)C3OC3(C)C)C3=C1C2(C)CC3=O. The molecule has 1 aromatic carbocycles. The predicted octanol–water partition coefficient (Wildman–Crippen LogP) is 10.4. The highest BCUT2D eigenvalue weighted by Gasteiger charge is 2.78. The lowest BCUT2D eigenvalue weighted by molar-refractivity contribution is -0.267. The molecule has 12 nitrogen and oxygen atoms in total. The van der Waals surface area contributed by atoms with Crippen LogP contribution in [0.5, 0.6) is 0 Å². The van der Waals surface area contributed by atoms with Gasteiger partial charge in [-0.2, -0.15) is 0 Å². The maximum Gasteiger partial charge on any atom is 0.160 e. The van der Waals surface area contributed by atoms with Crippen LogP contribution in [0.4, 0.5) is 0 Å². The third-order valence-electron chi connectivity index (χ3n) is 26.5. The highest BCUT2D eigenvalue weighted by molar-refractivity contribution is 6.02. The number of aromatic amines is 1. The Labute approximate surface area is 474 Å². The zero-order valence-electron chi connectivity index (χ0n) is 49.2. The molecule has 5 heterocycles. The first-order chi connectivity index (χ1) is 38.1. The molecule has 8 fully saturated rings. The minimum atomic E-state index is -1.05. The van der Waals surface area contributed by atoms with E-state index >= 15 is 9.59 Å². The van der Waals surface area contributed by atoms with Crippen LogP contribution in [0.2, 0.25) is 0 Å². The number of H-pyrrole nitrogens is 1. The van der Waals surface area contributed by atoms with E-state index in [-0.39, 0.29) is 29.8 Å². The number of rotatable bonds is 8. The van der Waals surface area contributed by atoms with Gasteiger partial charge < -0.3 is 49.6 Å². The number of nitrogens with zero attached hydrogens (tertiary/aromatic N) is 1. The third kappa shape index (κ3) is 7.45. The fourth-order valence-electron chi connectivity index (χ4n) is 22.5. The summed E-state index contributed by atoms with van der Waals surface area (Å²) in [6.07, 6.45) is 20.1. The summed E-state index contributed by atoms with van der Waals surface area (Å²) < 4.78 is 14.3. The zero-order chi connectivity index (χ0) is 55.9. The highest BCUT2D eigenvalue weighted by Crippen LogP contribution is 2.81. The first-order valence-corrected chi connectivity index (χ1v) is 31.9. The summed E-state index contributed by atoms with van der Waals surface area (Å²) in [5.74, 6) is -0.00470. The van der Waals surface area contributed by atoms with Crippen LogP contribution in [-0.2, 0) is 48.8 Å². The van der Waals surface area contributed by atoms with Gasteiger partial charge >= 0.3 is 0 Å². The largest absolute Gasteiger partial charge is 0.393 e. The number of carbonyl (C=O) groups is 3. The number of aldehydes is 1. The molecular weight excluding hydrogens is 1000 g/mol. The molecule has 2 saturated heterocycles. The van der Waals surface area contributed by atoms with Gasteiger partial charge in [-0.15, -0.1) is 0 Å². The molecular formula is C68H93N3O9. The van der Waals surface area contributed by atoms with Crippen LogP contribution >= 0.6 is 0 Å². The highest BCUT2D eigenvalue weighted by atomic mass is 16.6. The van der Waals surface area contributed by atoms with E-state index in [9.17, 15) is 25.2 Å². The van der Waals surface area contributed by atoms with Crippen molar-refractivity contribution in [2.75, 3.05) is 20.3 Å². The van der Waals surface area contributed by atoms with Crippen LogP contribution in [0.25, 0.3) is 11.0 Å². The summed E-state index contributed by atoms with van der Waals surface area (Å²) in [5.41, 5.74) is 5.06. The Morgan fingerprint density at radius 1 is 0.875 bits per heavy atom. The quantitative estimate of drug-likeness (QED) is 0.0937. The molecule has 12 heteroatoms. The molecule has 80 heavy (non-hydrogen) atoms. The summed E-state index contributed by atoms with van der Waals surface area (Å²) in [4.78, 5) is 49.3. The summed E-state index contributed by atoms with van der Waals surface area (Å²) in [6, 6.07) is 4.74. The summed E-state index contributed by atoms with van der Waals surface area (Å²) >= 11 is 0. The van der Waals surface area contributed by atoms with E-state index in [0.29, 0.717) is 95.2 Å². The van der Waals surface area contributed by atoms with Gasteiger partial charge in [0.2, 0.25) is 0 Å². The Morgan fingerprint density at radius 3 is 2.38 bits per heavy atom. The first-order valence-electron chi connectivity index (χ1n) is 31.9. The van der Waals surface area contributed by atoms with E-state index in [2.05, 4.69) is 67.1 Å². The minimum Gasteiger partial charge on any atom is -0.393 e. The topological polar surface area (TPSA) is 187 Å². The van der Waals surface area contributed by atoms with Crippen LogP contribution in [-0.4, -0.2) is 104 Å². The number of fused-ring (bicyclic) bond motifs is 9. The smallest absolute Gasteiger partial charge is 0.160 e. The molecule has 11 aliphatic rings. The monoisotopic (exact) mass is 1100 g/mol. The first kappa shape index (κ1) is 54.4. The molecule has 6 saturated carbocycles. The number of aliphatic hydroxyl groups excluding tert-OH is 3. The molecule has 3 aromatic rings. The van der Waals surface area contributed by atoms with Crippen LogP contribution in [0.3, 0.4) is 0 Å². The van der Waals surface area contributed by atoms with E-state index in [4.69, 9.17) is 9.47 Å². The number of epoxide rings is 1. The number of Topliss-reactive ketones (excluding diaryl/α,β-unsaturated/α-hetero) is 2. The Balaban J connectivity index is 0.957. The second-order valence-corrected chi connectivity index (χ2v) is 30.4. The van der Waals surface area contributed by atoms with Crippen molar-refractivity contribution < 1.29 is 44.3 Å². The Bertz CT molecular complexity index is 3070. The van der Waals surface area contributed by atoms with Gasteiger partial charge in [0.05, 0.1) is 46.5 Å². The summed E-state index contributed by atoms with van der Waals surface area (Å²) in [7, 11) is 2.03. The standard InChI is InChI=1S/C68H93N3O9/c1-61(2)60(80-61)51(75)31-62(3)20-16-39-34-70-56-46(48(37-72)40-27-45-43-13-9-8-11-38(43)14-15-44(45)49(28-40)68(78)23-25-79-26-24-68)35-71(57(39)56)36-47-54-55(62)50(74)32-64(54,5)63(4)21-18-52-65(6,59(63)58(47)77)66(22-17-42(73)30-66)33-53(76)67(52)19-10-12-41(29-67)69-7/h27-28,34-35,37-38,41-43,47-48,51-52,58-60,69-70,73,75,77-78H,8-26,29-33,36H2,1-7H3. The van der Waals surface area contributed by atoms with Gasteiger partial charge in [-0.3, -0.25) is 9.59 Å². The number of aliphatic hydroxyl groups is 4. The van der Waals surface area contributed by atoms with Gasteiger partial charge in [0.1, 0.15) is 18.2 Å². The molecule has 0 bridgehead atoms. The zero-order valence-corrected chi connectivity index (χ0v) is 49.2. The van der Waals surface area contributed by atoms with Crippen LogP contribution in [0.1, 0.15) is 215 Å². The Hall–Kier alpha value is -3.49. The fourth-order valence-corrected chi connectivity index (χ4v) is 22.5. The van der Waals surface area contributed by atoms with Gasteiger partial charge in [-0.1, -0.05) is 59.1 Å². The number of allylic oxidation sites excluding steroid dienone is 1. The second-order valence-electron chi connectivity index (χ2n) is 30.4. The average Bonchev–Trinajstić information content (AvgIpc) is 4.04. The lowest BCUT2D eigenvalue weighted by Crippen LogP contribution is -2.73. The lowest BCUT2D eigenvalue weighted by Gasteiger charge is -2.75. The van der Waals surface area contributed by atoms with Gasteiger partial charge in [-0.25, -0.2) is 0 Å². The van der Waals surface area contributed by atoms with Crippen LogP contribution in [0, 0.1) is 56.2 Å². The van der Waals surface area contributed by atoms with E-state index in [0.717, 1.165) is 115 Å². The van der Waals surface area contributed by atoms with Gasteiger partial charge in [-0.05, 0) is 196 Å². The van der Waals surface area contributed by atoms with Gasteiger partial charge in [0.15, 0.2) is 5.78 Å². The van der Waals surface area contributed by atoms with Gasteiger partial charge in [0.25, 0.3) is 0 Å². The molecule has 17 atom stereocenters. The van der Waals surface area contributed by atoms with Crippen molar-refractivity contribution in [2.24, 2.45) is 56.2 Å². The summed E-state index contributed by atoms with van der Waals surface area (Å²) in [5, 5.41) is 54.8. The molecule has 6 N–H and O–H groups in total. The van der Waals surface area contributed by atoms with Crippen molar-refractivity contribution in [2.45, 2.75) is 243 Å². The molecule has 3 aliphatic heterocycles. The van der Waals surface area contributed by atoms with Crippen molar-refractivity contribution in [3.63, 3.8) is 0 Å². The second kappa shape index (κ2) is 18.5. The van der Waals surface area contributed by atoms with E-state index in [1.807, 2.05) is 20.9 Å². The van der Waals surface area contributed by atoms with Crippen molar-refractivity contribution in [3.05, 3.63) is 69.1 Å². The number of benzene rings is 1. The van der Waals surface area contributed by atoms with E-state index < -0.39 is 73.8 Å². The number of aryl methyl sites for hydroxylation is 1. The van der Waals surface area contributed by atoms with E-state index in [1.165, 1.54) is 30.4 Å². The number of hydrogen-bond acceptors (Lipinski definition) is 10. The minimum absolute atomic E-state index is 0.00270. The number of ketones is 2. The number of hydrogen-bond donors (Lipinski definition) is 6. The fraction of sp³-hybridized carbons (Fsp3) is 0.750. The molecule has 17 unspecified atom stereocenters. The van der Waals surface area contributed by atoms with Gasteiger partial charge in [0, 0.05) is 91.8 Å². The Morgan fingerprint density at radius 2 is 1.65 bits per heavy atom. The molecule has 2 aromatic heterocycles. The molecule has 0 radical (unpaired) electrons. The molecule has 8 aliphatic carbocycles. The predicted molar refractivity (Wildman–Crippen MR) is 306 cm³/mol. The van der Waals surface area contributed by atoms with Crippen molar-refractivity contribution in [1.29, 1.82) is 0 Å². The molecule has 2 spiro atoms. The lowest BCUT2D eigenvalue weighted by atomic mass is 9.29. The maximum absolute atomic E-state index is 15.9. The van der Waals surface area contributed by atoms with Crippen molar-refractivity contribution in [3.8, 4) is 0 Å². The third-order valence-corrected chi connectivity index (χ3v) is 26.5. The number of nitrogens with one attached hydrogen (secondary N) is 2. The normalized spacial score (nSPS) is 43.3. The molecule has 434 valence electrons. The average molecular weight is 1100 g/mol. The maximum atomic E-state index is 15.9. The molecule has 14 rings (SSSR count). The number of ether oxygens (including phenoxy) is 2. The number of aromatic nitrogens is 2. The van der Waals surface area contributed by atoms with Crippen molar-refractivity contribution in [1.82, 2.24) is 14.9 Å². The summed E-state index contributed by atoms with van der Waals surface area (Å²) in [6.45, 7) is 14.8. The Kier molecular flexibility index (Phi) is 12.6. The van der Waals surface area contributed by atoms with E-state index in [1.54, 1.807) is 0 Å². The molecule has 0 amide bonds. The van der Waals surface area contributed by atoms with Crippen molar-refractivity contribution >= 4 is 28.9 Å². The van der Waals surface area contributed by atoms with Crippen LogP contribution in [0.15, 0.2) is 35.7 Å². The number of carbonyl (C=O) groups excluding carboxylic acids is 3. The van der Waals surface area contributed by atoms with Crippen LogP contribution < -0.4 is 5.32 Å².